The van der Waals surface area contributed by atoms with Gasteiger partial charge in [-0.2, -0.15) is 5.10 Å². The molecule has 90 valence electrons. The molecule has 18 heavy (non-hydrogen) atoms. The van der Waals surface area contributed by atoms with E-state index in [1.54, 1.807) is 17.1 Å². The Hall–Kier alpha value is -2.20. The molecule has 0 bridgehead atoms. The second-order valence-corrected chi connectivity index (χ2v) is 4.20. The SMILES string of the molecule is Cn1nccc1C(O)c1cccc2cccnc12. The van der Waals surface area contributed by atoms with E-state index in [0.717, 1.165) is 22.2 Å². The summed E-state index contributed by atoms with van der Waals surface area (Å²) in [6.07, 6.45) is 2.70. The summed E-state index contributed by atoms with van der Waals surface area (Å²) < 4.78 is 1.67. The highest BCUT2D eigenvalue weighted by molar-refractivity contribution is 5.82. The Labute approximate surface area is 105 Å². The van der Waals surface area contributed by atoms with E-state index in [4.69, 9.17) is 0 Å². The number of fused-ring (bicyclic) bond motifs is 1. The highest BCUT2D eigenvalue weighted by Crippen LogP contribution is 2.26. The van der Waals surface area contributed by atoms with Crippen LogP contribution in [-0.2, 0) is 7.05 Å². The van der Waals surface area contributed by atoms with Crippen LogP contribution in [0.15, 0.2) is 48.8 Å². The zero-order valence-electron chi connectivity index (χ0n) is 9.99. The van der Waals surface area contributed by atoms with Gasteiger partial charge in [-0.3, -0.25) is 9.67 Å². The largest absolute Gasteiger partial charge is 0.382 e. The quantitative estimate of drug-likeness (QED) is 0.744. The van der Waals surface area contributed by atoms with Gasteiger partial charge in [-0.15, -0.1) is 0 Å². The maximum atomic E-state index is 10.5. The van der Waals surface area contributed by atoms with E-state index in [0.29, 0.717) is 0 Å². The van der Waals surface area contributed by atoms with E-state index in [1.165, 1.54) is 0 Å². The topological polar surface area (TPSA) is 50.9 Å². The minimum atomic E-state index is -0.712. The minimum Gasteiger partial charge on any atom is -0.382 e. The van der Waals surface area contributed by atoms with Gasteiger partial charge in [0.15, 0.2) is 0 Å². The average Bonchev–Trinajstić information content (AvgIpc) is 2.83. The molecule has 0 amide bonds. The van der Waals surface area contributed by atoms with Gasteiger partial charge >= 0.3 is 0 Å². The van der Waals surface area contributed by atoms with Crippen LogP contribution < -0.4 is 0 Å². The van der Waals surface area contributed by atoms with Crippen molar-refractivity contribution in [2.24, 2.45) is 7.05 Å². The third kappa shape index (κ3) is 1.67. The fraction of sp³-hybridized carbons (Fsp3) is 0.143. The predicted molar refractivity (Wildman–Crippen MR) is 69.0 cm³/mol. The molecule has 2 aromatic heterocycles. The number of hydrogen-bond donors (Lipinski definition) is 1. The summed E-state index contributed by atoms with van der Waals surface area (Å²) in [5.74, 6) is 0. The molecule has 0 fully saturated rings. The number of aromatic nitrogens is 3. The van der Waals surface area contributed by atoms with Crippen molar-refractivity contribution in [1.29, 1.82) is 0 Å². The van der Waals surface area contributed by atoms with Gasteiger partial charge in [-0.1, -0.05) is 24.3 Å². The molecule has 0 aliphatic heterocycles. The molecule has 1 unspecified atom stereocenters. The Kier molecular flexibility index (Phi) is 2.57. The van der Waals surface area contributed by atoms with Crippen molar-refractivity contribution in [3.63, 3.8) is 0 Å². The molecule has 1 atom stereocenters. The molecule has 0 saturated carbocycles. The van der Waals surface area contributed by atoms with Crippen LogP contribution in [0.3, 0.4) is 0 Å². The van der Waals surface area contributed by atoms with Gasteiger partial charge in [-0.25, -0.2) is 0 Å². The zero-order valence-corrected chi connectivity index (χ0v) is 9.99. The lowest BCUT2D eigenvalue weighted by atomic mass is 10.0. The highest BCUT2D eigenvalue weighted by Gasteiger charge is 2.16. The molecule has 0 spiro atoms. The first-order chi connectivity index (χ1) is 8.77. The van der Waals surface area contributed by atoms with E-state index in [2.05, 4.69) is 10.1 Å². The van der Waals surface area contributed by atoms with E-state index in [9.17, 15) is 5.11 Å². The Morgan fingerprint density at radius 3 is 2.72 bits per heavy atom. The normalized spacial score (nSPS) is 12.8. The number of hydrogen-bond acceptors (Lipinski definition) is 3. The van der Waals surface area contributed by atoms with Crippen LogP contribution in [0.5, 0.6) is 0 Å². The van der Waals surface area contributed by atoms with Crippen LogP contribution in [0.4, 0.5) is 0 Å². The van der Waals surface area contributed by atoms with E-state index >= 15 is 0 Å². The number of aliphatic hydroxyl groups is 1. The summed E-state index contributed by atoms with van der Waals surface area (Å²) in [6, 6.07) is 11.5. The third-order valence-corrected chi connectivity index (χ3v) is 3.10. The Morgan fingerprint density at radius 2 is 1.94 bits per heavy atom. The van der Waals surface area contributed by atoms with Gasteiger partial charge in [0.2, 0.25) is 0 Å². The molecule has 3 aromatic rings. The Bertz CT molecular complexity index is 685. The molecule has 0 aliphatic rings. The van der Waals surface area contributed by atoms with Crippen LogP contribution in [-0.4, -0.2) is 19.9 Å². The maximum Gasteiger partial charge on any atom is 0.123 e. The lowest BCUT2D eigenvalue weighted by Crippen LogP contribution is -2.07. The first-order valence-corrected chi connectivity index (χ1v) is 5.77. The van der Waals surface area contributed by atoms with Crippen LogP contribution in [0.2, 0.25) is 0 Å². The second-order valence-electron chi connectivity index (χ2n) is 4.20. The predicted octanol–water partition coefficient (Wildman–Crippen LogP) is 2.05. The molecule has 2 heterocycles. The number of benzene rings is 1. The first-order valence-electron chi connectivity index (χ1n) is 5.77. The molecular formula is C14H13N3O. The molecule has 0 radical (unpaired) electrons. The highest BCUT2D eigenvalue weighted by atomic mass is 16.3. The standard InChI is InChI=1S/C14H13N3O/c1-17-12(7-9-16-17)14(18)11-6-2-4-10-5-3-8-15-13(10)11/h2-9,14,18H,1H3. The number of pyridine rings is 1. The number of rotatable bonds is 2. The summed E-state index contributed by atoms with van der Waals surface area (Å²) in [7, 11) is 1.82. The Morgan fingerprint density at radius 1 is 1.11 bits per heavy atom. The summed E-state index contributed by atoms with van der Waals surface area (Å²) in [4.78, 5) is 4.35. The summed E-state index contributed by atoms with van der Waals surface area (Å²) in [5, 5.41) is 15.6. The fourth-order valence-corrected chi connectivity index (χ4v) is 2.16. The van der Waals surface area contributed by atoms with Crippen LogP contribution in [0, 0.1) is 0 Å². The Balaban J connectivity index is 2.18. The summed E-state index contributed by atoms with van der Waals surface area (Å²) in [5.41, 5.74) is 2.39. The fourth-order valence-electron chi connectivity index (χ4n) is 2.16. The number of aliphatic hydroxyl groups excluding tert-OH is 1. The van der Waals surface area contributed by atoms with Gasteiger partial charge in [0, 0.05) is 30.4 Å². The van der Waals surface area contributed by atoms with Crippen molar-refractivity contribution < 1.29 is 5.11 Å². The van der Waals surface area contributed by atoms with Crippen molar-refractivity contribution >= 4 is 10.9 Å². The molecule has 3 rings (SSSR count). The van der Waals surface area contributed by atoms with Gasteiger partial charge in [-0.05, 0) is 12.1 Å². The van der Waals surface area contributed by atoms with Gasteiger partial charge in [0.25, 0.3) is 0 Å². The maximum absolute atomic E-state index is 10.5. The average molecular weight is 239 g/mol. The van der Waals surface area contributed by atoms with Crippen molar-refractivity contribution in [2.75, 3.05) is 0 Å². The smallest absolute Gasteiger partial charge is 0.123 e. The van der Waals surface area contributed by atoms with Crippen LogP contribution >= 0.6 is 0 Å². The summed E-state index contributed by atoms with van der Waals surface area (Å²) in [6.45, 7) is 0. The zero-order chi connectivity index (χ0) is 12.5. The van der Waals surface area contributed by atoms with E-state index < -0.39 is 6.10 Å². The molecular weight excluding hydrogens is 226 g/mol. The second kappa shape index (κ2) is 4.23. The molecule has 4 heteroatoms. The molecule has 4 nitrogen and oxygen atoms in total. The monoisotopic (exact) mass is 239 g/mol. The van der Waals surface area contributed by atoms with E-state index in [1.807, 2.05) is 43.4 Å². The van der Waals surface area contributed by atoms with Crippen molar-refractivity contribution in [3.05, 3.63) is 60.0 Å². The van der Waals surface area contributed by atoms with Gasteiger partial charge < -0.3 is 5.11 Å². The minimum absolute atomic E-state index is 0.712. The molecule has 0 aliphatic carbocycles. The lowest BCUT2D eigenvalue weighted by Gasteiger charge is -2.13. The number of nitrogens with zero attached hydrogens (tertiary/aromatic N) is 3. The lowest BCUT2D eigenvalue weighted by molar-refractivity contribution is 0.211. The number of para-hydroxylation sites is 1. The number of aryl methyl sites for hydroxylation is 1. The van der Waals surface area contributed by atoms with Crippen LogP contribution in [0.1, 0.15) is 17.4 Å². The summed E-state index contributed by atoms with van der Waals surface area (Å²) >= 11 is 0. The molecule has 1 N–H and O–H groups in total. The van der Waals surface area contributed by atoms with Gasteiger partial charge in [0.1, 0.15) is 6.10 Å². The molecule has 1 aromatic carbocycles. The molecule has 0 saturated heterocycles. The van der Waals surface area contributed by atoms with Crippen LogP contribution in [0.25, 0.3) is 10.9 Å². The van der Waals surface area contributed by atoms with E-state index in [-0.39, 0.29) is 0 Å². The van der Waals surface area contributed by atoms with Gasteiger partial charge in [0.05, 0.1) is 11.2 Å². The third-order valence-electron chi connectivity index (χ3n) is 3.10. The van der Waals surface area contributed by atoms with Crippen molar-refractivity contribution in [3.8, 4) is 0 Å². The van der Waals surface area contributed by atoms with Crippen molar-refractivity contribution in [2.45, 2.75) is 6.10 Å². The first kappa shape index (κ1) is 10.9. The van der Waals surface area contributed by atoms with Crippen molar-refractivity contribution in [1.82, 2.24) is 14.8 Å².